The molecule has 0 radical (unpaired) electrons. The van der Waals surface area contributed by atoms with Crippen molar-refractivity contribution in [1.82, 2.24) is 4.90 Å². The van der Waals surface area contributed by atoms with E-state index < -0.39 is 6.10 Å². The minimum atomic E-state index is -0.558. The van der Waals surface area contributed by atoms with E-state index in [-0.39, 0.29) is 24.7 Å². The van der Waals surface area contributed by atoms with Crippen molar-refractivity contribution >= 4 is 5.91 Å². The van der Waals surface area contributed by atoms with Crippen molar-refractivity contribution in [3.63, 3.8) is 0 Å². The van der Waals surface area contributed by atoms with Crippen molar-refractivity contribution < 1.29 is 19.4 Å². The third kappa shape index (κ3) is 4.19. The van der Waals surface area contributed by atoms with Crippen molar-refractivity contribution in [2.75, 3.05) is 19.7 Å². The average molecular weight is 293 g/mol. The van der Waals surface area contributed by atoms with Crippen LogP contribution in [0.3, 0.4) is 0 Å². The monoisotopic (exact) mass is 293 g/mol. The molecule has 1 aromatic carbocycles. The molecule has 3 atom stereocenters. The highest BCUT2D eigenvalue weighted by Gasteiger charge is 2.31. The number of carbonyl (C=O) groups excluding carboxylic acids is 1. The van der Waals surface area contributed by atoms with Crippen LogP contribution in [0.25, 0.3) is 0 Å². The Kier molecular flexibility index (Phi) is 5.20. The Morgan fingerprint density at radius 1 is 1.43 bits per heavy atom. The lowest BCUT2D eigenvalue weighted by atomic mass is 10.2. The number of aliphatic hydroxyl groups is 1. The summed E-state index contributed by atoms with van der Waals surface area (Å²) in [5.41, 5.74) is 1.15. The van der Waals surface area contributed by atoms with E-state index in [4.69, 9.17) is 9.47 Å². The van der Waals surface area contributed by atoms with Gasteiger partial charge in [0.05, 0.1) is 18.8 Å². The van der Waals surface area contributed by atoms with Crippen molar-refractivity contribution in [2.45, 2.75) is 39.1 Å². The predicted octanol–water partition coefficient (Wildman–Crippen LogP) is 1.37. The van der Waals surface area contributed by atoms with Gasteiger partial charge < -0.3 is 19.5 Å². The molecule has 1 aliphatic heterocycles. The van der Waals surface area contributed by atoms with Gasteiger partial charge in [-0.25, -0.2) is 0 Å². The second-order valence-electron chi connectivity index (χ2n) is 5.57. The maximum Gasteiger partial charge on any atom is 0.263 e. The van der Waals surface area contributed by atoms with Crippen LogP contribution in [0, 0.1) is 6.92 Å². The molecule has 1 N–H and O–H groups in total. The summed E-state index contributed by atoms with van der Waals surface area (Å²) in [6, 6.07) is 7.62. The van der Waals surface area contributed by atoms with Crippen LogP contribution in [0.15, 0.2) is 24.3 Å². The van der Waals surface area contributed by atoms with Gasteiger partial charge in [0.1, 0.15) is 5.75 Å². The Morgan fingerprint density at radius 2 is 2.10 bits per heavy atom. The highest BCUT2D eigenvalue weighted by Crippen LogP contribution is 2.16. The SMILES string of the molecule is Cc1ccc(OC(C)C(=O)N2CC(C)OC(CO)C2)cc1. The van der Waals surface area contributed by atoms with Crippen LogP contribution in [0.2, 0.25) is 0 Å². The van der Waals surface area contributed by atoms with Crippen LogP contribution in [0.4, 0.5) is 0 Å². The molecule has 1 aromatic rings. The van der Waals surface area contributed by atoms with Gasteiger partial charge in [0.25, 0.3) is 5.91 Å². The Bertz CT molecular complexity index is 474. The number of morpholine rings is 1. The van der Waals surface area contributed by atoms with E-state index in [9.17, 15) is 9.90 Å². The molecule has 1 heterocycles. The smallest absolute Gasteiger partial charge is 0.263 e. The van der Waals surface area contributed by atoms with E-state index in [1.165, 1.54) is 0 Å². The lowest BCUT2D eigenvalue weighted by Gasteiger charge is -2.37. The normalized spacial score (nSPS) is 23.7. The molecule has 0 aliphatic carbocycles. The van der Waals surface area contributed by atoms with E-state index in [0.29, 0.717) is 18.8 Å². The number of rotatable bonds is 4. The Labute approximate surface area is 125 Å². The number of hydrogen-bond acceptors (Lipinski definition) is 4. The first kappa shape index (κ1) is 15.8. The molecule has 0 spiro atoms. The highest BCUT2D eigenvalue weighted by atomic mass is 16.5. The maximum absolute atomic E-state index is 12.4. The lowest BCUT2D eigenvalue weighted by Crippen LogP contribution is -2.53. The Balaban J connectivity index is 1.96. The maximum atomic E-state index is 12.4. The number of hydrogen-bond donors (Lipinski definition) is 1. The number of carbonyl (C=O) groups is 1. The number of nitrogens with zero attached hydrogens (tertiary/aromatic N) is 1. The molecule has 5 nitrogen and oxygen atoms in total. The zero-order valence-corrected chi connectivity index (χ0v) is 12.8. The minimum Gasteiger partial charge on any atom is -0.481 e. The van der Waals surface area contributed by atoms with Gasteiger partial charge in [0.15, 0.2) is 6.10 Å². The van der Waals surface area contributed by atoms with E-state index in [2.05, 4.69) is 0 Å². The highest BCUT2D eigenvalue weighted by molar-refractivity contribution is 5.81. The van der Waals surface area contributed by atoms with Gasteiger partial charge in [-0.1, -0.05) is 17.7 Å². The van der Waals surface area contributed by atoms with Crippen LogP contribution >= 0.6 is 0 Å². The van der Waals surface area contributed by atoms with Gasteiger partial charge >= 0.3 is 0 Å². The number of aryl methyl sites for hydroxylation is 1. The second-order valence-corrected chi connectivity index (χ2v) is 5.57. The Hall–Kier alpha value is -1.59. The summed E-state index contributed by atoms with van der Waals surface area (Å²) in [6.45, 7) is 6.49. The van der Waals surface area contributed by atoms with Crippen molar-refractivity contribution in [3.05, 3.63) is 29.8 Å². The third-order valence-corrected chi connectivity index (χ3v) is 3.52. The summed E-state index contributed by atoms with van der Waals surface area (Å²) >= 11 is 0. The van der Waals surface area contributed by atoms with E-state index in [0.717, 1.165) is 5.56 Å². The molecule has 0 bridgehead atoms. The standard InChI is InChI=1S/C16H23NO4/c1-11-4-6-14(7-5-11)21-13(3)16(19)17-8-12(2)20-15(9-17)10-18/h4-7,12-13,15,18H,8-10H2,1-3H3. The molecule has 0 aromatic heterocycles. The number of ether oxygens (including phenoxy) is 2. The van der Waals surface area contributed by atoms with Crippen LogP contribution in [-0.2, 0) is 9.53 Å². The van der Waals surface area contributed by atoms with Gasteiger partial charge in [0, 0.05) is 13.1 Å². The summed E-state index contributed by atoms with van der Waals surface area (Å²) in [7, 11) is 0. The van der Waals surface area contributed by atoms with E-state index >= 15 is 0 Å². The Morgan fingerprint density at radius 3 is 2.71 bits per heavy atom. The van der Waals surface area contributed by atoms with Gasteiger partial charge in [-0.3, -0.25) is 4.79 Å². The van der Waals surface area contributed by atoms with Crippen molar-refractivity contribution in [3.8, 4) is 5.75 Å². The first-order chi connectivity index (χ1) is 9.99. The summed E-state index contributed by atoms with van der Waals surface area (Å²) in [4.78, 5) is 14.1. The molecule has 5 heteroatoms. The summed E-state index contributed by atoms with van der Waals surface area (Å²) in [5, 5.41) is 9.21. The molecule has 1 saturated heterocycles. The lowest BCUT2D eigenvalue weighted by molar-refractivity contribution is -0.153. The molecule has 2 rings (SSSR count). The average Bonchev–Trinajstić information content (AvgIpc) is 2.48. The molecule has 1 aliphatic rings. The third-order valence-electron chi connectivity index (χ3n) is 3.52. The van der Waals surface area contributed by atoms with Gasteiger partial charge in [-0.05, 0) is 32.9 Å². The summed E-state index contributed by atoms with van der Waals surface area (Å²) < 4.78 is 11.2. The van der Waals surface area contributed by atoms with Gasteiger partial charge in [-0.2, -0.15) is 0 Å². The van der Waals surface area contributed by atoms with Gasteiger partial charge in [-0.15, -0.1) is 0 Å². The van der Waals surface area contributed by atoms with E-state index in [1.54, 1.807) is 11.8 Å². The fraction of sp³-hybridized carbons (Fsp3) is 0.562. The molecular weight excluding hydrogens is 270 g/mol. The molecule has 116 valence electrons. The fourth-order valence-corrected chi connectivity index (χ4v) is 2.45. The zero-order chi connectivity index (χ0) is 15.4. The molecular formula is C16H23NO4. The quantitative estimate of drug-likeness (QED) is 0.911. The molecule has 21 heavy (non-hydrogen) atoms. The molecule has 0 saturated carbocycles. The topological polar surface area (TPSA) is 59.0 Å². The minimum absolute atomic E-state index is 0.0774. The van der Waals surface area contributed by atoms with Crippen LogP contribution in [0.5, 0.6) is 5.75 Å². The molecule has 1 fully saturated rings. The van der Waals surface area contributed by atoms with Crippen LogP contribution in [-0.4, -0.2) is 53.9 Å². The second kappa shape index (κ2) is 6.91. The van der Waals surface area contributed by atoms with Crippen LogP contribution in [0.1, 0.15) is 19.4 Å². The van der Waals surface area contributed by atoms with Crippen molar-refractivity contribution in [2.24, 2.45) is 0 Å². The number of aliphatic hydroxyl groups excluding tert-OH is 1. The summed E-state index contributed by atoms with van der Waals surface area (Å²) in [6.07, 6.45) is -0.951. The molecule has 1 amide bonds. The predicted molar refractivity (Wildman–Crippen MR) is 79.3 cm³/mol. The summed E-state index contributed by atoms with van der Waals surface area (Å²) in [5.74, 6) is 0.602. The number of benzene rings is 1. The molecule has 3 unspecified atom stereocenters. The largest absolute Gasteiger partial charge is 0.481 e. The van der Waals surface area contributed by atoms with Crippen molar-refractivity contribution in [1.29, 1.82) is 0 Å². The zero-order valence-electron chi connectivity index (χ0n) is 12.8. The number of amides is 1. The fourth-order valence-electron chi connectivity index (χ4n) is 2.45. The van der Waals surface area contributed by atoms with Crippen LogP contribution < -0.4 is 4.74 Å². The van der Waals surface area contributed by atoms with Gasteiger partial charge in [0.2, 0.25) is 0 Å². The first-order valence-electron chi connectivity index (χ1n) is 7.28. The first-order valence-corrected chi connectivity index (χ1v) is 7.28. The van der Waals surface area contributed by atoms with E-state index in [1.807, 2.05) is 38.1 Å².